The first-order valence-electron chi connectivity index (χ1n) is 6.57. The number of thiophene rings is 1. The van der Waals surface area contributed by atoms with Crippen molar-refractivity contribution in [3.05, 3.63) is 33.4 Å². The fourth-order valence-electron chi connectivity index (χ4n) is 1.84. The van der Waals surface area contributed by atoms with Crippen molar-refractivity contribution in [1.29, 1.82) is 0 Å². The Morgan fingerprint density at radius 1 is 1.42 bits per heavy atom. The Hall–Kier alpha value is -2.17. The number of rotatable bonds is 3. The van der Waals surface area contributed by atoms with Crippen LogP contribution in [0.15, 0.2) is 12.3 Å². The third-order valence-corrected chi connectivity index (χ3v) is 4.33. The number of methoxy groups -OCH3 is 1. The van der Waals surface area contributed by atoms with Gasteiger partial charge in [-0.25, -0.2) is 4.79 Å². The van der Waals surface area contributed by atoms with Gasteiger partial charge in [0, 0.05) is 11.9 Å². The van der Waals surface area contributed by atoms with E-state index in [1.807, 2.05) is 6.92 Å². The zero-order valence-electron chi connectivity index (χ0n) is 13.0. The van der Waals surface area contributed by atoms with Crippen LogP contribution in [0.1, 0.15) is 25.7 Å². The van der Waals surface area contributed by atoms with Gasteiger partial charge in [-0.15, -0.1) is 11.3 Å². The molecule has 0 spiro atoms. The fourth-order valence-corrected chi connectivity index (χ4v) is 3.22. The minimum atomic E-state index is -0.500. The molecule has 2 aromatic heterocycles. The first kappa shape index (κ1) is 18.2. The molecule has 2 heterocycles. The topological polar surface area (TPSA) is 97.3 Å². The van der Waals surface area contributed by atoms with Crippen molar-refractivity contribution in [2.75, 3.05) is 12.4 Å². The molecule has 2 rings (SSSR count). The third-order valence-electron chi connectivity index (χ3n) is 2.89. The van der Waals surface area contributed by atoms with E-state index in [2.05, 4.69) is 21.3 Å². The number of esters is 1. The Morgan fingerprint density at radius 3 is 2.71 bits per heavy atom. The van der Waals surface area contributed by atoms with Crippen LogP contribution in [0.3, 0.4) is 0 Å². The van der Waals surface area contributed by atoms with Crippen LogP contribution in [0.4, 0.5) is 5.00 Å². The molecule has 0 aliphatic carbocycles. The average molecular weight is 388 g/mol. The molecule has 0 fully saturated rings. The standard InChI is InChI=1S/C13H14ClN5O3S2/c1-6-4-7(12(21)22-3)11(24-6)16-13(23)18-17-10(20)9-8(14)5-15-19(9)2/h4-5H,1-3H3,(H,17,20)(H2,16,18,23). The number of carbonyl (C=O) groups is 2. The van der Waals surface area contributed by atoms with Gasteiger partial charge < -0.3 is 10.1 Å². The molecule has 0 aromatic carbocycles. The molecule has 128 valence electrons. The second-order valence-electron chi connectivity index (χ2n) is 4.59. The molecular formula is C13H14ClN5O3S2. The van der Waals surface area contributed by atoms with Gasteiger partial charge in [-0.05, 0) is 25.2 Å². The predicted molar refractivity (Wildman–Crippen MR) is 95.4 cm³/mol. The molecule has 0 saturated heterocycles. The van der Waals surface area contributed by atoms with Gasteiger partial charge >= 0.3 is 5.97 Å². The van der Waals surface area contributed by atoms with Crippen molar-refractivity contribution >= 4 is 57.1 Å². The van der Waals surface area contributed by atoms with Crippen molar-refractivity contribution in [3.63, 3.8) is 0 Å². The highest BCUT2D eigenvalue weighted by atomic mass is 35.5. The van der Waals surface area contributed by atoms with Crippen LogP contribution in [0.25, 0.3) is 0 Å². The van der Waals surface area contributed by atoms with Gasteiger partial charge in [0.2, 0.25) is 0 Å². The highest BCUT2D eigenvalue weighted by Gasteiger charge is 2.18. The van der Waals surface area contributed by atoms with Crippen molar-refractivity contribution in [3.8, 4) is 0 Å². The second kappa shape index (κ2) is 7.60. The summed E-state index contributed by atoms with van der Waals surface area (Å²) in [4.78, 5) is 24.7. The molecule has 8 nitrogen and oxygen atoms in total. The smallest absolute Gasteiger partial charge is 0.340 e. The Balaban J connectivity index is 1.99. The van der Waals surface area contributed by atoms with Crippen molar-refractivity contribution in [2.24, 2.45) is 7.05 Å². The molecule has 0 unspecified atom stereocenters. The quantitative estimate of drug-likeness (QED) is 0.420. The van der Waals surface area contributed by atoms with Crippen molar-refractivity contribution < 1.29 is 14.3 Å². The minimum absolute atomic E-state index is 0.105. The first-order valence-corrected chi connectivity index (χ1v) is 8.17. The van der Waals surface area contributed by atoms with Gasteiger partial charge in [-0.3, -0.25) is 20.3 Å². The number of hydrogen-bond donors (Lipinski definition) is 3. The van der Waals surface area contributed by atoms with Crippen LogP contribution in [0, 0.1) is 6.92 Å². The number of nitrogens with zero attached hydrogens (tertiary/aromatic N) is 2. The summed E-state index contributed by atoms with van der Waals surface area (Å²) in [7, 11) is 2.89. The summed E-state index contributed by atoms with van der Waals surface area (Å²) in [5, 5.41) is 7.56. The number of hydrazine groups is 1. The minimum Gasteiger partial charge on any atom is -0.465 e. The molecule has 11 heteroatoms. The van der Waals surface area contributed by atoms with E-state index in [9.17, 15) is 9.59 Å². The molecule has 3 N–H and O–H groups in total. The van der Waals surface area contributed by atoms with Crippen LogP contribution in [0.2, 0.25) is 5.02 Å². The third kappa shape index (κ3) is 4.02. The molecule has 0 bridgehead atoms. The monoisotopic (exact) mass is 387 g/mol. The van der Waals surface area contributed by atoms with Gasteiger partial charge in [0.05, 0.1) is 23.9 Å². The molecule has 0 atom stereocenters. The van der Waals surface area contributed by atoms with Gasteiger partial charge in [0.15, 0.2) is 5.11 Å². The number of halogens is 1. The van der Waals surface area contributed by atoms with E-state index in [0.29, 0.717) is 10.6 Å². The maximum absolute atomic E-state index is 12.1. The summed E-state index contributed by atoms with van der Waals surface area (Å²) in [5.74, 6) is -0.977. The average Bonchev–Trinajstić information content (AvgIpc) is 3.06. The van der Waals surface area contributed by atoms with Crippen LogP contribution in [-0.2, 0) is 11.8 Å². The number of thiocarbonyl (C=S) groups is 1. The van der Waals surface area contributed by atoms with E-state index in [0.717, 1.165) is 4.88 Å². The maximum atomic E-state index is 12.1. The van der Waals surface area contributed by atoms with E-state index in [4.69, 9.17) is 28.6 Å². The van der Waals surface area contributed by atoms with Crippen LogP contribution in [-0.4, -0.2) is 33.9 Å². The van der Waals surface area contributed by atoms with Gasteiger partial charge in [-0.2, -0.15) is 5.10 Å². The number of anilines is 1. The lowest BCUT2D eigenvalue weighted by Gasteiger charge is -2.11. The Morgan fingerprint density at radius 2 is 2.12 bits per heavy atom. The largest absolute Gasteiger partial charge is 0.465 e. The lowest BCUT2D eigenvalue weighted by Crippen LogP contribution is -2.44. The number of carbonyl (C=O) groups excluding carboxylic acids is 2. The Bertz CT molecular complexity index is 782. The maximum Gasteiger partial charge on any atom is 0.340 e. The molecule has 0 saturated carbocycles. The molecule has 1 amide bonds. The number of aryl methyl sites for hydroxylation is 2. The lowest BCUT2D eigenvalue weighted by molar-refractivity contribution is 0.0602. The highest BCUT2D eigenvalue weighted by molar-refractivity contribution is 7.80. The zero-order valence-corrected chi connectivity index (χ0v) is 15.4. The molecule has 0 aliphatic rings. The Labute approximate surface area is 152 Å². The number of hydrogen-bond acceptors (Lipinski definition) is 6. The van der Waals surface area contributed by atoms with E-state index in [1.165, 1.54) is 29.3 Å². The Kier molecular flexibility index (Phi) is 5.75. The number of amides is 1. The summed E-state index contributed by atoms with van der Waals surface area (Å²) < 4.78 is 6.06. The van der Waals surface area contributed by atoms with E-state index in [-0.39, 0.29) is 15.8 Å². The van der Waals surface area contributed by atoms with Crippen LogP contribution < -0.4 is 16.2 Å². The normalized spacial score (nSPS) is 10.2. The predicted octanol–water partition coefficient (Wildman–Crippen LogP) is 1.86. The summed E-state index contributed by atoms with van der Waals surface area (Å²) in [5.41, 5.74) is 5.50. The summed E-state index contributed by atoms with van der Waals surface area (Å²) in [6.45, 7) is 1.85. The van der Waals surface area contributed by atoms with Crippen LogP contribution >= 0.6 is 35.2 Å². The summed E-state index contributed by atoms with van der Waals surface area (Å²) in [6.07, 6.45) is 1.37. The van der Waals surface area contributed by atoms with Gasteiger partial charge in [-0.1, -0.05) is 11.6 Å². The summed E-state index contributed by atoms with van der Waals surface area (Å²) >= 11 is 12.3. The second-order valence-corrected chi connectivity index (χ2v) is 6.66. The molecule has 0 aliphatic heterocycles. The van der Waals surface area contributed by atoms with Gasteiger partial charge in [0.1, 0.15) is 10.7 Å². The summed E-state index contributed by atoms with van der Waals surface area (Å²) in [6, 6.07) is 1.69. The zero-order chi connectivity index (χ0) is 17.9. The highest BCUT2D eigenvalue weighted by Crippen LogP contribution is 2.28. The lowest BCUT2D eigenvalue weighted by atomic mass is 10.3. The molecule has 2 aromatic rings. The van der Waals surface area contributed by atoms with E-state index < -0.39 is 11.9 Å². The fraction of sp³-hybridized carbons (Fsp3) is 0.231. The number of ether oxygens (including phenoxy) is 1. The van der Waals surface area contributed by atoms with E-state index >= 15 is 0 Å². The number of aromatic nitrogens is 2. The number of nitrogens with one attached hydrogen (secondary N) is 3. The van der Waals surface area contributed by atoms with E-state index in [1.54, 1.807) is 13.1 Å². The van der Waals surface area contributed by atoms with Crippen molar-refractivity contribution in [1.82, 2.24) is 20.6 Å². The molecular weight excluding hydrogens is 374 g/mol. The van der Waals surface area contributed by atoms with Crippen molar-refractivity contribution in [2.45, 2.75) is 6.92 Å². The first-order chi connectivity index (χ1) is 11.3. The molecule has 24 heavy (non-hydrogen) atoms. The van der Waals surface area contributed by atoms with Gasteiger partial charge in [0.25, 0.3) is 5.91 Å². The van der Waals surface area contributed by atoms with Crippen LogP contribution in [0.5, 0.6) is 0 Å². The molecule has 0 radical (unpaired) electrons. The SMILES string of the molecule is COC(=O)c1cc(C)sc1NC(=S)NNC(=O)c1c(Cl)cnn1C.